The number of halogens is 2. The maximum Gasteiger partial charge on any atom is 0.257 e. The van der Waals surface area contributed by atoms with Gasteiger partial charge in [0.2, 0.25) is 0 Å². The Hall–Kier alpha value is -1.32. The third kappa shape index (κ3) is 2.68. The summed E-state index contributed by atoms with van der Waals surface area (Å²) in [5, 5.41) is 8.10. The third-order valence-corrected chi connectivity index (χ3v) is 2.75. The number of hydrogen-bond acceptors (Lipinski definition) is 3. The van der Waals surface area contributed by atoms with Crippen molar-refractivity contribution in [3.05, 3.63) is 45.6 Å². The lowest BCUT2D eigenvalue weighted by atomic mass is 10.1. The van der Waals surface area contributed by atoms with E-state index >= 15 is 0 Å². The highest BCUT2D eigenvalue weighted by Crippen LogP contribution is 2.31. The second kappa shape index (κ2) is 4.90. The molecule has 5 heteroatoms. The molecule has 3 nitrogen and oxygen atoms in total. The Bertz CT molecular complexity index is 538. The summed E-state index contributed by atoms with van der Waals surface area (Å²) in [6.07, 6.45) is 0. The molecule has 0 aliphatic rings. The zero-order valence-corrected chi connectivity index (χ0v) is 10.9. The van der Waals surface area contributed by atoms with E-state index in [4.69, 9.17) is 27.9 Å². The van der Waals surface area contributed by atoms with Gasteiger partial charge < -0.3 is 4.74 Å². The number of ether oxygens (including phenoxy) is 1. The standard InChI is InChI=1S/C12H10Cl2N2O/c1-7-4-3-5-8(2)11(7)17-12-9(13)6-10(14)15-16-12/h3-6H,1-2H3. The largest absolute Gasteiger partial charge is 0.436 e. The van der Waals surface area contributed by atoms with E-state index in [0.717, 1.165) is 16.9 Å². The van der Waals surface area contributed by atoms with Crippen molar-refractivity contribution < 1.29 is 4.74 Å². The quantitative estimate of drug-likeness (QED) is 0.819. The number of para-hydroxylation sites is 1. The first-order chi connectivity index (χ1) is 8.08. The van der Waals surface area contributed by atoms with Crippen molar-refractivity contribution in [3.8, 4) is 11.6 Å². The summed E-state index contributed by atoms with van der Waals surface area (Å²) in [6.45, 7) is 3.92. The van der Waals surface area contributed by atoms with Gasteiger partial charge >= 0.3 is 0 Å². The molecule has 1 aromatic heterocycles. The maximum absolute atomic E-state index is 5.97. The first-order valence-corrected chi connectivity index (χ1v) is 5.76. The zero-order valence-electron chi connectivity index (χ0n) is 9.37. The predicted molar refractivity (Wildman–Crippen MR) is 68.0 cm³/mol. The minimum atomic E-state index is 0.240. The molecule has 2 aromatic rings. The Morgan fingerprint density at radius 1 is 1.06 bits per heavy atom. The fourth-order valence-corrected chi connectivity index (χ4v) is 1.84. The van der Waals surface area contributed by atoms with Crippen LogP contribution < -0.4 is 4.74 Å². The first-order valence-electron chi connectivity index (χ1n) is 5.00. The highest BCUT2D eigenvalue weighted by Gasteiger charge is 2.10. The van der Waals surface area contributed by atoms with Crippen LogP contribution in [0.1, 0.15) is 11.1 Å². The molecule has 0 aliphatic heterocycles. The van der Waals surface area contributed by atoms with Crippen LogP contribution in [0.2, 0.25) is 10.2 Å². The molecule has 0 saturated carbocycles. The van der Waals surface area contributed by atoms with Crippen molar-refractivity contribution in [3.63, 3.8) is 0 Å². The molecule has 0 bridgehead atoms. The average Bonchev–Trinajstić information content (AvgIpc) is 2.26. The van der Waals surface area contributed by atoms with Gasteiger partial charge in [0, 0.05) is 6.07 Å². The predicted octanol–water partition coefficient (Wildman–Crippen LogP) is 4.19. The van der Waals surface area contributed by atoms with Gasteiger partial charge in [0.1, 0.15) is 10.8 Å². The van der Waals surface area contributed by atoms with E-state index in [1.165, 1.54) is 6.07 Å². The van der Waals surface area contributed by atoms with E-state index in [-0.39, 0.29) is 11.0 Å². The second-order valence-corrected chi connectivity index (χ2v) is 4.44. The van der Waals surface area contributed by atoms with E-state index in [1.54, 1.807) is 0 Å². The number of rotatable bonds is 2. The molecule has 0 amide bonds. The van der Waals surface area contributed by atoms with Crippen LogP contribution in [0.3, 0.4) is 0 Å². The van der Waals surface area contributed by atoms with E-state index in [9.17, 15) is 0 Å². The molecule has 0 aliphatic carbocycles. The fraction of sp³-hybridized carbons (Fsp3) is 0.167. The van der Waals surface area contributed by atoms with Gasteiger partial charge in [-0.05, 0) is 25.0 Å². The molecular formula is C12H10Cl2N2O. The first kappa shape index (κ1) is 12.1. The van der Waals surface area contributed by atoms with Crippen LogP contribution in [-0.2, 0) is 0 Å². The molecule has 2 rings (SSSR count). The summed E-state index contributed by atoms with van der Waals surface area (Å²) in [7, 11) is 0. The zero-order chi connectivity index (χ0) is 12.4. The van der Waals surface area contributed by atoms with Crippen molar-refractivity contribution in [2.24, 2.45) is 0 Å². The Morgan fingerprint density at radius 3 is 2.29 bits per heavy atom. The van der Waals surface area contributed by atoms with E-state index in [2.05, 4.69) is 10.2 Å². The van der Waals surface area contributed by atoms with Crippen molar-refractivity contribution in [1.82, 2.24) is 10.2 Å². The summed E-state index contributed by atoms with van der Waals surface area (Å²) in [5.41, 5.74) is 2.02. The van der Waals surface area contributed by atoms with Crippen molar-refractivity contribution in [2.75, 3.05) is 0 Å². The van der Waals surface area contributed by atoms with Gasteiger partial charge in [-0.3, -0.25) is 0 Å². The summed E-state index contributed by atoms with van der Waals surface area (Å²) >= 11 is 11.6. The highest BCUT2D eigenvalue weighted by molar-refractivity contribution is 6.34. The summed E-state index contributed by atoms with van der Waals surface area (Å²) < 4.78 is 5.66. The molecule has 0 radical (unpaired) electrons. The fourth-order valence-electron chi connectivity index (χ4n) is 1.46. The highest BCUT2D eigenvalue weighted by atomic mass is 35.5. The van der Waals surface area contributed by atoms with Crippen LogP contribution >= 0.6 is 23.2 Å². The van der Waals surface area contributed by atoms with Gasteiger partial charge in [-0.2, -0.15) is 0 Å². The van der Waals surface area contributed by atoms with Crippen LogP contribution in [0.5, 0.6) is 11.6 Å². The number of hydrogen-bond donors (Lipinski definition) is 0. The molecule has 0 atom stereocenters. The topological polar surface area (TPSA) is 35.0 Å². The monoisotopic (exact) mass is 268 g/mol. The lowest BCUT2D eigenvalue weighted by Gasteiger charge is -2.10. The van der Waals surface area contributed by atoms with Crippen LogP contribution in [0, 0.1) is 13.8 Å². The van der Waals surface area contributed by atoms with E-state index in [1.807, 2.05) is 32.0 Å². The number of benzene rings is 1. The van der Waals surface area contributed by atoms with E-state index < -0.39 is 0 Å². The lowest BCUT2D eigenvalue weighted by Crippen LogP contribution is -1.95. The normalized spacial score (nSPS) is 10.4. The molecule has 0 saturated heterocycles. The van der Waals surface area contributed by atoms with Crippen molar-refractivity contribution in [2.45, 2.75) is 13.8 Å². The molecular weight excluding hydrogens is 259 g/mol. The third-order valence-electron chi connectivity index (χ3n) is 2.29. The lowest BCUT2D eigenvalue weighted by molar-refractivity contribution is 0.449. The molecule has 1 aromatic carbocycles. The Kier molecular flexibility index (Phi) is 3.50. The smallest absolute Gasteiger partial charge is 0.257 e. The molecule has 88 valence electrons. The minimum Gasteiger partial charge on any atom is -0.436 e. The molecule has 0 fully saturated rings. The molecule has 0 unspecified atom stereocenters. The van der Waals surface area contributed by atoms with Gasteiger partial charge in [-0.25, -0.2) is 0 Å². The average molecular weight is 269 g/mol. The number of aromatic nitrogens is 2. The summed E-state index contributed by atoms with van der Waals surface area (Å²) in [4.78, 5) is 0. The van der Waals surface area contributed by atoms with Crippen LogP contribution in [0.4, 0.5) is 0 Å². The van der Waals surface area contributed by atoms with Crippen molar-refractivity contribution in [1.29, 1.82) is 0 Å². The van der Waals surface area contributed by atoms with Crippen LogP contribution in [0.15, 0.2) is 24.3 Å². The van der Waals surface area contributed by atoms with E-state index in [0.29, 0.717) is 5.02 Å². The molecule has 1 heterocycles. The minimum absolute atomic E-state index is 0.240. The molecule has 0 spiro atoms. The Morgan fingerprint density at radius 2 is 1.71 bits per heavy atom. The maximum atomic E-state index is 5.97. The molecule has 0 N–H and O–H groups in total. The SMILES string of the molecule is Cc1cccc(C)c1Oc1nnc(Cl)cc1Cl. The van der Waals surface area contributed by atoms with Gasteiger partial charge in [-0.15, -0.1) is 10.2 Å². The summed E-state index contributed by atoms with van der Waals surface area (Å²) in [6, 6.07) is 7.38. The number of nitrogens with zero attached hydrogens (tertiary/aromatic N) is 2. The molecule has 17 heavy (non-hydrogen) atoms. The van der Waals surface area contributed by atoms with Gasteiger partial charge in [0.25, 0.3) is 5.88 Å². The number of aryl methyl sites for hydroxylation is 2. The second-order valence-electron chi connectivity index (χ2n) is 3.64. The van der Waals surface area contributed by atoms with Crippen LogP contribution in [0.25, 0.3) is 0 Å². The van der Waals surface area contributed by atoms with Gasteiger partial charge in [0.05, 0.1) is 0 Å². The Balaban J connectivity index is 2.38. The Labute approximate surface area is 109 Å². The van der Waals surface area contributed by atoms with Crippen molar-refractivity contribution >= 4 is 23.2 Å². The van der Waals surface area contributed by atoms with Gasteiger partial charge in [-0.1, -0.05) is 41.4 Å². The van der Waals surface area contributed by atoms with Crippen LogP contribution in [-0.4, -0.2) is 10.2 Å². The van der Waals surface area contributed by atoms with Gasteiger partial charge in [0.15, 0.2) is 5.15 Å². The summed E-state index contributed by atoms with van der Waals surface area (Å²) in [5.74, 6) is 1.000.